The second-order valence-corrected chi connectivity index (χ2v) is 4.34. The van der Waals surface area contributed by atoms with Gasteiger partial charge in [0.2, 0.25) is 0 Å². The fourth-order valence-electron chi connectivity index (χ4n) is 1.46. The lowest BCUT2D eigenvalue weighted by molar-refractivity contribution is 0.455. The van der Waals surface area contributed by atoms with Crippen molar-refractivity contribution in [2.45, 2.75) is 64.7 Å². The van der Waals surface area contributed by atoms with Crippen molar-refractivity contribution in [2.24, 2.45) is 5.92 Å². The highest BCUT2D eigenvalue weighted by Crippen LogP contribution is 2.21. The van der Waals surface area contributed by atoms with Gasteiger partial charge in [-0.15, -0.1) is 11.6 Å². The molecule has 0 fully saturated rings. The zero-order valence-corrected chi connectivity index (χ0v) is 9.53. The van der Waals surface area contributed by atoms with Crippen LogP contribution in [0, 0.1) is 5.92 Å². The molecule has 74 valence electrons. The van der Waals surface area contributed by atoms with Crippen LogP contribution in [0.2, 0.25) is 0 Å². The molecule has 2 atom stereocenters. The van der Waals surface area contributed by atoms with Gasteiger partial charge in [0.1, 0.15) is 0 Å². The number of hydrogen-bond donors (Lipinski definition) is 0. The minimum atomic E-state index is 0.409. The van der Waals surface area contributed by atoms with Gasteiger partial charge in [0.25, 0.3) is 0 Å². The summed E-state index contributed by atoms with van der Waals surface area (Å²) in [7, 11) is 0. The summed E-state index contributed by atoms with van der Waals surface area (Å²) >= 11 is 6.21. The first kappa shape index (κ1) is 12.3. The summed E-state index contributed by atoms with van der Waals surface area (Å²) < 4.78 is 0. The average molecular weight is 191 g/mol. The lowest BCUT2D eigenvalue weighted by atomic mass is 9.97. The van der Waals surface area contributed by atoms with Crippen LogP contribution in [-0.4, -0.2) is 5.38 Å². The van der Waals surface area contributed by atoms with Crippen LogP contribution in [0.25, 0.3) is 0 Å². The molecule has 0 aliphatic carbocycles. The Kier molecular flexibility index (Phi) is 8.11. The SMILES string of the molecule is CCCCCC(C)C(Cl)CCC. The van der Waals surface area contributed by atoms with E-state index >= 15 is 0 Å². The molecule has 0 radical (unpaired) electrons. The highest BCUT2D eigenvalue weighted by molar-refractivity contribution is 6.20. The molecule has 12 heavy (non-hydrogen) atoms. The Hall–Kier alpha value is 0.290. The van der Waals surface area contributed by atoms with Gasteiger partial charge in [-0.2, -0.15) is 0 Å². The molecular formula is C11H23Cl. The molecule has 0 aliphatic rings. The van der Waals surface area contributed by atoms with E-state index in [9.17, 15) is 0 Å². The summed E-state index contributed by atoms with van der Waals surface area (Å²) in [6.45, 7) is 6.73. The van der Waals surface area contributed by atoms with Gasteiger partial charge in [-0.25, -0.2) is 0 Å². The van der Waals surface area contributed by atoms with E-state index in [4.69, 9.17) is 11.6 Å². The van der Waals surface area contributed by atoms with Crippen molar-refractivity contribution in [2.75, 3.05) is 0 Å². The van der Waals surface area contributed by atoms with Gasteiger partial charge in [0.15, 0.2) is 0 Å². The van der Waals surface area contributed by atoms with Crippen LogP contribution in [0.3, 0.4) is 0 Å². The van der Waals surface area contributed by atoms with E-state index in [1.54, 1.807) is 0 Å². The molecule has 0 aromatic rings. The molecule has 0 N–H and O–H groups in total. The largest absolute Gasteiger partial charge is 0.123 e. The Morgan fingerprint density at radius 2 is 1.67 bits per heavy atom. The van der Waals surface area contributed by atoms with Crippen LogP contribution in [-0.2, 0) is 0 Å². The molecule has 2 unspecified atom stereocenters. The van der Waals surface area contributed by atoms with Gasteiger partial charge in [-0.3, -0.25) is 0 Å². The summed E-state index contributed by atoms with van der Waals surface area (Å²) in [5.74, 6) is 0.707. The Balaban J connectivity index is 3.35. The smallest absolute Gasteiger partial charge is 0.0361 e. The highest BCUT2D eigenvalue weighted by Gasteiger charge is 2.12. The summed E-state index contributed by atoms with van der Waals surface area (Å²) in [5, 5.41) is 0.409. The first-order valence-electron chi connectivity index (χ1n) is 5.36. The second kappa shape index (κ2) is 7.91. The predicted octanol–water partition coefficient (Wildman–Crippen LogP) is 4.61. The minimum Gasteiger partial charge on any atom is -0.123 e. The fourth-order valence-corrected chi connectivity index (χ4v) is 1.80. The number of hydrogen-bond acceptors (Lipinski definition) is 0. The van der Waals surface area contributed by atoms with Crippen LogP contribution in [0.5, 0.6) is 0 Å². The molecule has 0 heterocycles. The van der Waals surface area contributed by atoms with Gasteiger partial charge in [-0.05, 0) is 18.8 Å². The zero-order chi connectivity index (χ0) is 9.40. The maximum atomic E-state index is 6.21. The van der Waals surface area contributed by atoms with Crippen molar-refractivity contribution in [1.82, 2.24) is 0 Å². The molecular weight excluding hydrogens is 168 g/mol. The van der Waals surface area contributed by atoms with Crippen molar-refractivity contribution in [3.8, 4) is 0 Å². The average Bonchev–Trinajstić information content (AvgIpc) is 2.05. The van der Waals surface area contributed by atoms with E-state index in [1.807, 2.05) is 0 Å². The second-order valence-electron chi connectivity index (χ2n) is 3.78. The third-order valence-corrected chi connectivity index (χ3v) is 3.09. The highest BCUT2D eigenvalue weighted by atomic mass is 35.5. The van der Waals surface area contributed by atoms with E-state index in [0.29, 0.717) is 11.3 Å². The van der Waals surface area contributed by atoms with Crippen molar-refractivity contribution in [3.63, 3.8) is 0 Å². The van der Waals surface area contributed by atoms with Crippen molar-refractivity contribution >= 4 is 11.6 Å². The fraction of sp³-hybridized carbons (Fsp3) is 1.00. The molecule has 0 spiro atoms. The third kappa shape index (κ3) is 5.88. The van der Waals surface area contributed by atoms with Gasteiger partial charge in [-0.1, -0.05) is 46.5 Å². The maximum Gasteiger partial charge on any atom is 0.0361 e. The monoisotopic (exact) mass is 190 g/mol. The van der Waals surface area contributed by atoms with Gasteiger partial charge < -0.3 is 0 Å². The van der Waals surface area contributed by atoms with E-state index in [1.165, 1.54) is 38.5 Å². The molecule has 0 aromatic carbocycles. The molecule has 0 saturated heterocycles. The van der Waals surface area contributed by atoms with Gasteiger partial charge in [0, 0.05) is 5.38 Å². The Bertz CT molecular complexity index is 91.0. The lowest BCUT2D eigenvalue weighted by Gasteiger charge is -2.16. The van der Waals surface area contributed by atoms with Crippen LogP contribution in [0.15, 0.2) is 0 Å². The van der Waals surface area contributed by atoms with E-state index < -0.39 is 0 Å². The lowest BCUT2D eigenvalue weighted by Crippen LogP contribution is -2.10. The number of unbranched alkanes of at least 4 members (excludes halogenated alkanes) is 2. The molecule has 0 rings (SSSR count). The molecule has 0 amide bonds. The number of alkyl halides is 1. The maximum absolute atomic E-state index is 6.21. The first-order valence-corrected chi connectivity index (χ1v) is 5.80. The molecule has 0 aliphatic heterocycles. The van der Waals surface area contributed by atoms with Crippen molar-refractivity contribution < 1.29 is 0 Å². The van der Waals surface area contributed by atoms with Crippen LogP contribution in [0.1, 0.15) is 59.3 Å². The minimum absolute atomic E-state index is 0.409. The zero-order valence-electron chi connectivity index (χ0n) is 8.78. The molecule has 1 heteroatoms. The first-order chi connectivity index (χ1) is 5.72. The van der Waals surface area contributed by atoms with E-state index in [-0.39, 0.29) is 0 Å². The molecule has 0 bridgehead atoms. The third-order valence-electron chi connectivity index (χ3n) is 2.44. The normalized spacial score (nSPS) is 16.0. The van der Waals surface area contributed by atoms with E-state index in [2.05, 4.69) is 20.8 Å². The quantitative estimate of drug-likeness (QED) is 0.406. The van der Waals surface area contributed by atoms with Gasteiger partial charge in [0.05, 0.1) is 0 Å². The number of halogens is 1. The Labute approximate surface area is 82.7 Å². The Morgan fingerprint density at radius 1 is 1.00 bits per heavy atom. The van der Waals surface area contributed by atoms with Crippen LogP contribution in [0.4, 0.5) is 0 Å². The molecule has 0 aromatic heterocycles. The molecule has 0 saturated carbocycles. The predicted molar refractivity (Wildman–Crippen MR) is 57.9 cm³/mol. The molecule has 0 nitrogen and oxygen atoms in total. The summed E-state index contributed by atoms with van der Waals surface area (Å²) in [5.41, 5.74) is 0. The number of rotatable bonds is 7. The van der Waals surface area contributed by atoms with Crippen LogP contribution < -0.4 is 0 Å². The van der Waals surface area contributed by atoms with Crippen molar-refractivity contribution in [3.05, 3.63) is 0 Å². The standard InChI is InChI=1S/C11H23Cl/c1-4-6-7-9-10(3)11(12)8-5-2/h10-11H,4-9H2,1-3H3. The summed E-state index contributed by atoms with van der Waals surface area (Å²) in [6, 6.07) is 0. The Morgan fingerprint density at radius 3 is 2.17 bits per heavy atom. The van der Waals surface area contributed by atoms with E-state index in [0.717, 1.165) is 0 Å². The topological polar surface area (TPSA) is 0 Å². The summed E-state index contributed by atoms with van der Waals surface area (Å²) in [6.07, 6.45) is 7.72. The van der Waals surface area contributed by atoms with Crippen molar-refractivity contribution in [1.29, 1.82) is 0 Å². The van der Waals surface area contributed by atoms with Gasteiger partial charge >= 0.3 is 0 Å². The summed E-state index contributed by atoms with van der Waals surface area (Å²) in [4.78, 5) is 0. The van der Waals surface area contributed by atoms with Crippen LogP contribution >= 0.6 is 11.6 Å².